The maximum atomic E-state index is 13.0. The van der Waals surface area contributed by atoms with Crippen molar-refractivity contribution >= 4 is 16.2 Å². The molecule has 0 aliphatic heterocycles. The minimum Gasteiger partial charge on any atom is -0.461 e. The first-order valence-electron chi connectivity index (χ1n) is 9.99. The van der Waals surface area contributed by atoms with E-state index in [9.17, 15) is 32.4 Å². The highest BCUT2D eigenvalue weighted by molar-refractivity contribution is 7.86. The highest BCUT2D eigenvalue weighted by atomic mass is 32.3. The quantitative estimate of drug-likeness (QED) is 0.472. The number of hydrogen-bond acceptors (Lipinski definition) is 7. The van der Waals surface area contributed by atoms with E-state index >= 15 is 0 Å². The summed E-state index contributed by atoms with van der Waals surface area (Å²) < 4.78 is 40.2. The molecule has 4 atom stereocenters. The summed E-state index contributed by atoms with van der Waals surface area (Å²) in [5.74, 6) is -0.763. The van der Waals surface area contributed by atoms with Crippen LogP contribution in [0.5, 0.6) is 0 Å². The van der Waals surface area contributed by atoms with Crippen LogP contribution in [0.1, 0.15) is 44.0 Å². The fourth-order valence-electron chi connectivity index (χ4n) is 5.03. The normalized spacial score (nSPS) is 33.8. The van der Waals surface area contributed by atoms with E-state index in [0.717, 1.165) is 42.7 Å². The maximum Gasteiger partial charge on any atom is 0.338 e. The van der Waals surface area contributed by atoms with Gasteiger partial charge in [0.25, 0.3) is 0 Å². The van der Waals surface area contributed by atoms with Gasteiger partial charge in [0, 0.05) is 5.41 Å². The number of rotatable bonds is 4. The third kappa shape index (κ3) is 3.17. The number of benzene rings is 1. The van der Waals surface area contributed by atoms with Gasteiger partial charge in [-0.25, -0.2) is 4.79 Å². The Hall–Kier alpha value is -2.07. The summed E-state index contributed by atoms with van der Waals surface area (Å²) in [5, 5.41) is 32.9. The fraction of sp³-hybridized carbons (Fsp3) is 0.500. The lowest BCUT2D eigenvalue weighted by Crippen LogP contribution is -2.52. The number of ether oxygens (including phenoxy) is 1. The van der Waals surface area contributed by atoms with Gasteiger partial charge in [0.15, 0.2) is 0 Å². The Balaban J connectivity index is 1.56. The van der Waals surface area contributed by atoms with Crippen LogP contribution in [-0.2, 0) is 15.0 Å². The van der Waals surface area contributed by atoms with Gasteiger partial charge >= 0.3 is 16.2 Å². The smallest absolute Gasteiger partial charge is 0.338 e. The van der Waals surface area contributed by atoms with Crippen molar-refractivity contribution < 1.29 is 37.2 Å². The molecule has 9 heteroatoms. The molecular weight excluding hydrogens is 427 g/mol. The average Bonchev–Trinajstić information content (AvgIpc) is 3.47. The van der Waals surface area contributed by atoms with Crippen LogP contribution in [0.2, 0.25) is 0 Å². The highest BCUT2D eigenvalue weighted by Crippen LogP contribution is 2.66. The number of carbonyl (C=O) groups is 1. The van der Waals surface area contributed by atoms with Gasteiger partial charge in [-0.05, 0) is 69.0 Å². The van der Waals surface area contributed by atoms with Crippen LogP contribution in [-0.4, -0.2) is 54.1 Å². The fourth-order valence-corrected chi connectivity index (χ4v) is 5.50. The van der Waals surface area contributed by atoms with Crippen LogP contribution >= 0.6 is 0 Å². The molecule has 1 saturated carbocycles. The average molecular weight is 453 g/mol. The third-order valence-corrected chi connectivity index (χ3v) is 8.08. The molecule has 3 aliphatic carbocycles. The zero-order valence-electron chi connectivity index (χ0n) is 17.4. The van der Waals surface area contributed by atoms with E-state index in [0.29, 0.717) is 11.1 Å². The molecule has 0 amide bonds. The first kappa shape index (κ1) is 22.1. The van der Waals surface area contributed by atoms with Gasteiger partial charge in [0.05, 0.1) is 22.0 Å². The number of carbonyl (C=O) groups excluding carboxylic acids is 1. The van der Waals surface area contributed by atoms with Crippen molar-refractivity contribution in [2.75, 3.05) is 6.61 Å². The van der Waals surface area contributed by atoms with Gasteiger partial charge in [-0.2, -0.15) is 8.42 Å². The first-order valence-corrected chi connectivity index (χ1v) is 11.4. The molecule has 1 spiro atoms. The number of aliphatic hydroxyl groups is 3. The second-order valence-corrected chi connectivity index (χ2v) is 10.6. The van der Waals surface area contributed by atoms with Gasteiger partial charge in [-0.3, -0.25) is 0 Å². The molecule has 168 valence electrons. The number of halogens is 1. The summed E-state index contributed by atoms with van der Waals surface area (Å²) >= 11 is 0. The summed E-state index contributed by atoms with van der Waals surface area (Å²) in [6.45, 7) is 4.95. The summed E-state index contributed by atoms with van der Waals surface area (Å²) in [4.78, 5) is 11.8. The molecule has 0 aromatic heterocycles. The largest absolute Gasteiger partial charge is 0.461 e. The van der Waals surface area contributed by atoms with Crippen molar-refractivity contribution in [2.24, 2.45) is 10.8 Å². The molecule has 1 aromatic rings. The number of aliphatic hydroxyl groups excluding tert-OH is 2. The Labute approximate surface area is 180 Å². The van der Waals surface area contributed by atoms with Gasteiger partial charge in [-0.1, -0.05) is 11.6 Å². The van der Waals surface area contributed by atoms with Crippen LogP contribution < -0.4 is 0 Å². The lowest BCUT2D eigenvalue weighted by molar-refractivity contribution is -0.0901. The molecule has 1 unspecified atom stereocenters. The summed E-state index contributed by atoms with van der Waals surface area (Å²) in [6, 6.07) is 4.22. The molecule has 3 aliphatic rings. The Bertz CT molecular complexity index is 1110. The molecule has 1 fully saturated rings. The van der Waals surface area contributed by atoms with Crippen molar-refractivity contribution in [2.45, 2.75) is 56.3 Å². The van der Waals surface area contributed by atoms with Crippen LogP contribution in [0, 0.1) is 10.8 Å². The minimum absolute atomic E-state index is 0.0313. The molecule has 1 aromatic carbocycles. The monoisotopic (exact) mass is 452 g/mol. The predicted molar refractivity (Wildman–Crippen MR) is 108 cm³/mol. The third-order valence-electron chi connectivity index (χ3n) is 7.25. The van der Waals surface area contributed by atoms with E-state index in [1.807, 2.05) is 6.92 Å². The molecule has 4 rings (SSSR count). The second-order valence-electron chi connectivity index (χ2n) is 9.22. The molecule has 7 nitrogen and oxygen atoms in total. The Morgan fingerprint density at radius 1 is 1.16 bits per heavy atom. The minimum atomic E-state index is -4.87. The molecule has 31 heavy (non-hydrogen) atoms. The van der Waals surface area contributed by atoms with E-state index in [-0.39, 0.29) is 12.2 Å². The van der Waals surface area contributed by atoms with Crippen LogP contribution in [0.3, 0.4) is 0 Å². The van der Waals surface area contributed by atoms with Crippen molar-refractivity contribution in [1.29, 1.82) is 0 Å². The van der Waals surface area contributed by atoms with Gasteiger partial charge in [-0.15, -0.1) is 3.89 Å². The molecular formula is C22H25FO7S. The van der Waals surface area contributed by atoms with Gasteiger partial charge in [0.2, 0.25) is 0 Å². The SMILES string of the molecule is CC1=C2C(=C[C@@](C)(COC(=O)c3ccc(S(=O)(=O)F)cc3)[C@@H]2O)C(O)[C@](C)(O)C12CC2. The van der Waals surface area contributed by atoms with Crippen LogP contribution in [0.4, 0.5) is 3.89 Å². The Kier molecular flexibility index (Phi) is 4.79. The predicted octanol–water partition coefficient (Wildman–Crippen LogP) is 2.03. The van der Waals surface area contributed by atoms with Crippen molar-refractivity contribution in [3.05, 3.63) is 52.6 Å². The van der Waals surface area contributed by atoms with E-state index in [4.69, 9.17) is 4.74 Å². The molecule has 0 bridgehead atoms. The van der Waals surface area contributed by atoms with Crippen molar-refractivity contribution in [1.82, 2.24) is 0 Å². The van der Waals surface area contributed by atoms with E-state index in [1.54, 1.807) is 19.9 Å². The lowest BCUT2D eigenvalue weighted by atomic mass is 9.66. The van der Waals surface area contributed by atoms with Gasteiger partial charge < -0.3 is 20.1 Å². The standard InChI is InChI=1S/C22H25FO7S/c1-12-16-15(17(24)21(3,27)22(12)8-9-22)10-20(2,18(16)25)11-30-19(26)13-4-6-14(7-5-13)31(23,28)29/h4-7,10,17-18,24-25,27H,8-9,11H2,1-3H3/t17?,18-,20+,21+/m1/s1. The topological polar surface area (TPSA) is 121 Å². The highest BCUT2D eigenvalue weighted by Gasteiger charge is 2.66. The lowest BCUT2D eigenvalue weighted by Gasteiger charge is -2.44. The molecule has 0 heterocycles. The number of esters is 1. The van der Waals surface area contributed by atoms with E-state index in [1.165, 1.54) is 0 Å². The molecule has 3 N–H and O–H groups in total. The Morgan fingerprint density at radius 3 is 2.26 bits per heavy atom. The van der Waals surface area contributed by atoms with Gasteiger partial charge in [0.1, 0.15) is 18.3 Å². The Morgan fingerprint density at radius 2 is 1.74 bits per heavy atom. The molecule has 0 saturated heterocycles. The van der Waals surface area contributed by atoms with Crippen molar-refractivity contribution in [3.63, 3.8) is 0 Å². The number of hydrogen-bond donors (Lipinski definition) is 3. The number of fused-ring (bicyclic) bond motifs is 1. The van der Waals surface area contributed by atoms with Crippen molar-refractivity contribution in [3.8, 4) is 0 Å². The maximum absolute atomic E-state index is 13.0. The van der Waals surface area contributed by atoms with Crippen LogP contribution in [0.15, 0.2) is 52.0 Å². The van der Waals surface area contributed by atoms with E-state index < -0.39 is 49.7 Å². The summed E-state index contributed by atoms with van der Waals surface area (Å²) in [7, 11) is -4.87. The molecule has 0 radical (unpaired) electrons. The zero-order chi connectivity index (χ0) is 23.0. The first-order chi connectivity index (χ1) is 14.2. The summed E-state index contributed by atoms with van der Waals surface area (Å²) in [6.07, 6.45) is 0.899. The van der Waals surface area contributed by atoms with Crippen LogP contribution in [0.25, 0.3) is 0 Å². The van der Waals surface area contributed by atoms with E-state index in [2.05, 4.69) is 0 Å². The second kappa shape index (κ2) is 6.71. The summed E-state index contributed by atoms with van der Waals surface area (Å²) in [5.41, 5.74) is -1.02. The zero-order valence-corrected chi connectivity index (χ0v) is 18.2.